The van der Waals surface area contributed by atoms with Gasteiger partial charge in [-0.3, -0.25) is 0 Å². The standard InChI is InChI=1S/C16H20BN5/c1-22(2)7-6-18-14-10-20-16-15(21-14)13(9-19-16)11-4-3-5-12(17)8-11/h3-5,8-10H,6-7,17H2,1-2H3,(H,18,21)(H,19,20). The average Bonchev–Trinajstić information content (AvgIpc) is 2.90. The Balaban J connectivity index is 1.92. The summed E-state index contributed by atoms with van der Waals surface area (Å²) in [6, 6.07) is 8.42. The van der Waals surface area contributed by atoms with Crippen molar-refractivity contribution < 1.29 is 0 Å². The van der Waals surface area contributed by atoms with Gasteiger partial charge < -0.3 is 15.2 Å². The van der Waals surface area contributed by atoms with Crippen LogP contribution < -0.4 is 10.8 Å². The molecular formula is C16H20BN5. The Morgan fingerprint density at radius 3 is 2.95 bits per heavy atom. The Hall–Kier alpha value is -2.34. The molecule has 0 aliphatic carbocycles. The predicted molar refractivity (Wildman–Crippen MR) is 94.5 cm³/mol. The normalized spacial score (nSPS) is 11.2. The van der Waals surface area contributed by atoms with Crippen LogP contribution in [0.25, 0.3) is 22.3 Å². The molecule has 2 aromatic heterocycles. The van der Waals surface area contributed by atoms with Crippen molar-refractivity contribution in [3.8, 4) is 11.1 Å². The van der Waals surface area contributed by atoms with Crippen LogP contribution in [-0.2, 0) is 0 Å². The number of H-pyrrole nitrogens is 1. The highest BCUT2D eigenvalue weighted by atomic mass is 15.1. The van der Waals surface area contributed by atoms with Crippen LogP contribution >= 0.6 is 0 Å². The first kappa shape index (κ1) is 14.6. The molecule has 0 radical (unpaired) electrons. The minimum absolute atomic E-state index is 0.808. The first-order chi connectivity index (χ1) is 10.6. The average molecular weight is 293 g/mol. The van der Waals surface area contributed by atoms with E-state index in [1.54, 1.807) is 6.20 Å². The second-order valence-corrected chi connectivity index (χ2v) is 5.75. The number of anilines is 1. The molecule has 3 rings (SSSR count). The molecule has 0 saturated carbocycles. The maximum atomic E-state index is 4.71. The lowest BCUT2D eigenvalue weighted by Crippen LogP contribution is -2.21. The Morgan fingerprint density at radius 2 is 2.18 bits per heavy atom. The third-order valence-electron chi connectivity index (χ3n) is 3.58. The minimum atomic E-state index is 0.808. The number of nitrogens with zero attached hydrogens (tertiary/aromatic N) is 3. The van der Waals surface area contributed by atoms with Gasteiger partial charge in [-0.1, -0.05) is 29.7 Å². The van der Waals surface area contributed by atoms with Crippen LogP contribution in [0.15, 0.2) is 36.7 Å². The monoisotopic (exact) mass is 293 g/mol. The first-order valence-electron chi connectivity index (χ1n) is 7.43. The van der Waals surface area contributed by atoms with Crippen molar-refractivity contribution in [2.45, 2.75) is 0 Å². The summed E-state index contributed by atoms with van der Waals surface area (Å²) in [5.74, 6) is 0.808. The van der Waals surface area contributed by atoms with Gasteiger partial charge in [0.2, 0.25) is 0 Å². The first-order valence-corrected chi connectivity index (χ1v) is 7.43. The van der Waals surface area contributed by atoms with E-state index in [9.17, 15) is 0 Å². The lowest BCUT2D eigenvalue weighted by molar-refractivity contribution is 0.425. The molecule has 1 aromatic carbocycles. The number of aromatic amines is 1. The number of benzene rings is 1. The lowest BCUT2D eigenvalue weighted by Gasteiger charge is -2.10. The van der Waals surface area contributed by atoms with E-state index in [1.807, 2.05) is 6.20 Å². The molecule has 5 nitrogen and oxygen atoms in total. The van der Waals surface area contributed by atoms with Gasteiger partial charge in [0.05, 0.1) is 6.20 Å². The van der Waals surface area contributed by atoms with Crippen LogP contribution in [0.2, 0.25) is 0 Å². The Kier molecular flexibility index (Phi) is 4.11. The zero-order valence-electron chi connectivity index (χ0n) is 13.2. The minimum Gasteiger partial charge on any atom is -0.367 e. The van der Waals surface area contributed by atoms with Crippen molar-refractivity contribution >= 4 is 30.3 Å². The summed E-state index contributed by atoms with van der Waals surface area (Å²) in [7, 11) is 6.20. The zero-order valence-corrected chi connectivity index (χ0v) is 13.2. The number of hydrogen-bond acceptors (Lipinski definition) is 4. The smallest absolute Gasteiger partial charge is 0.156 e. The molecule has 22 heavy (non-hydrogen) atoms. The number of hydrogen-bond donors (Lipinski definition) is 2. The van der Waals surface area contributed by atoms with Crippen LogP contribution in [0.3, 0.4) is 0 Å². The summed E-state index contributed by atoms with van der Waals surface area (Å²) in [6.45, 7) is 1.80. The van der Waals surface area contributed by atoms with Gasteiger partial charge in [-0.15, -0.1) is 0 Å². The van der Waals surface area contributed by atoms with Crippen molar-refractivity contribution in [2.75, 3.05) is 32.5 Å². The van der Waals surface area contributed by atoms with Gasteiger partial charge in [-0.25, -0.2) is 9.97 Å². The topological polar surface area (TPSA) is 56.8 Å². The Labute approximate surface area is 131 Å². The van der Waals surface area contributed by atoms with Crippen molar-refractivity contribution in [2.24, 2.45) is 0 Å². The van der Waals surface area contributed by atoms with Gasteiger partial charge in [0.1, 0.15) is 19.2 Å². The number of fused-ring (bicyclic) bond motifs is 1. The molecule has 0 aliphatic rings. The summed E-state index contributed by atoms with van der Waals surface area (Å²) in [5, 5.41) is 3.32. The fourth-order valence-electron chi connectivity index (χ4n) is 2.42. The zero-order chi connectivity index (χ0) is 15.5. The van der Waals surface area contributed by atoms with E-state index in [-0.39, 0.29) is 0 Å². The molecule has 0 unspecified atom stereocenters. The summed E-state index contributed by atoms with van der Waals surface area (Å²) >= 11 is 0. The van der Waals surface area contributed by atoms with E-state index in [0.29, 0.717) is 0 Å². The lowest BCUT2D eigenvalue weighted by atomic mass is 9.93. The number of rotatable bonds is 5. The molecule has 112 valence electrons. The van der Waals surface area contributed by atoms with E-state index in [4.69, 9.17) is 4.98 Å². The summed E-state index contributed by atoms with van der Waals surface area (Å²) in [4.78, 5) is 14.5. The number of aromatic nitrogens is 3. The van der Waals surface area contributed by atoms with Gasteiger partial charge in [0, 0.05) is 24.8 Å². The molecule has 2 N–H and O–H groups in total. The Morgan fingerprint density at radius 1 is 1.32 bits per heavy atom. The summed E-state index contributed by atoms with van der Waals surface area (Å²) < 4.78 is 0. The molecular weight excluding hydrogens is 273 g/mol. The molecule has 0 bridgehead atoms. The van der Waals surface area contributed by atoms with Crippen LogP contribution in [0.5, 0.6) is 0 Å². The molecule has 2 heterocycles. The molecule has 0 amide bonds. The van der Waals surface area contributed by atoms with Gasteiger partial charge in [0.25, 0.3) is 0 Å². The number of nitrogens with one attached hydrogen (secondary N) is 2. The van der Waals surface area contributed by atoms with E-state index in [2.05, 4.69) is 66.4 Å². The highest BCUT2D eigenvalue weighted by molar-refractivity contribution is 6.32. The van der Waals surface area contributed by atoms with Crippen LogP contribution in [0.1, 0.15) is 0 Å². The largest absolute Gasteiger partial charge is 0.367 e. The molecule has 0 atom stereocenters. The van der Waals surface area contributed by atoms with E-state index in [0.717, 1.165) is 41.2 Å². The maximum Gasteiger partial charge on any atom is 0.156 e. The SMILES string of the molecule is Bc1cccc(-c2c[nH]c3ncc(NCCN(C)C)nc23)c1. The maximum absolute atomic E-state index is 4.71. The third kappa shape index (κ3) is 3.12. The highest BCUT2D eigenvalue weighted by Crippen LogP contribution is 2.26. The van der Waals surface area contributed by atoms with Crippen LogP contribution in [-0.4, -0.2) is 54.9 Å². The quantitative estimate of drug-likeness (QED) is 0.685. The van der Waals surface area contributed by atoms with E-state index in [1.165, 1.54) is 5.46 Å². The fourth-order valence-corrected chi connectivity index (χ4v) is 2.42. The summed E-state index contributed by atoms with van der Waals surface area (Å²) in [5.41, 5.74) is 5.20. The van der Waals surface area contributed by atoms with Gasteiger partial charge in [-0.05, 0) is 19.7 Å². The second-order valence-electron chi connectivity index (χ2n) is 5.75. The molecule has 3 aromatic rings. The number of likely N-dealkylation sites (N-methyl/N-ethyl adjacent to an activating group) is 1. The van der Waals surface area contributed by atoms with Gasteiger partial charge in [-0.2, -0.15) is 0 Å². The van der Waals surface area contributed by atoms with E-state index >= 15 is 0 Å². The second kappa shape index (κ2) is 6.19. The van der Waals surface area contributed by atoms with Crippen molar-refractivity contribution in [1.82, 2.24) is 19.9 Å². The van der Waals surface area contributed by atoms with Crippen molar-refractivity contribution in [3.05, 3.63) is 36.7 Å². The van der Waals surface area contributed by atoms with E-state index < -0.39 is 0 Å². The summed E-state index contributed by atoms with van der Waals surface area (Å²) in [6.07, 6.45) is 3.75. The third-order valence-corrected chi connectivity index (χ3v) is 3.58. The van der Waals surface area contributed by atoms with Crippen molar-refractivity contribution in [1.29, 1.82) is 0 Å². The predicted octanol–water partition coefficient (Wildman–Crippen LogP) is 0.857. The molecule has 0 saturated heterocycles. The van der Waals surface area contributed by atoms with Crippen LogP contribution in [0, 0.1) is 0 Å². The van der Waals surface area contributed by atoms with Gasteiger partial charge in [0.15, 0.2) is 5.65 Å². The Bertz CT molecular complexity index is 781. The fraction of sp³-hybridized carbons (Fsp3) is 0.250. The molecule has 0 aliphatic heterocycles. The molecule has 0 spiro atoms. The molecule has 6 heteroatoms. The van der Waals surface area contributed by atoms with Gasteiger partial charge >= 0.3 is 0 Å². The van der Waals surface area contributed by atoms with Crippen molar-refractivity contribution in [3.63, 3.8) is 0 Å². The molecule has 0 fully saturated rings. The van der Waals surface area contributed by atoms with Crippen LogP contribution in [0.4, 0.5) is 5.82 Å². The highest BCUT2D eigenvalue weighted by Gasteiger charge is 2.09.